The fourth-order valence-corrected chi connectivity index (χ4v) is 1.16. The van der Waals surface area contributed by atoms with E-state index in [0.29, 0.717) is 6.61 Å². The maximum absolute atomic E-state index is 8.58. The quantitative estimate of drug-likeness (QED) is 0.462. The summed E-state index contributed by atoms with van der Waals surface area (Å²) >= 11 is 0. The Bertz CT molecular complexity index is 134. The van der Waals surface area contributed by atoms with E-state index in [1.165, 1.54) is 12.0 Å². The predicted octanol–water partition coefficient (Wildman–Crippen LogP) is 2.05. The second kappa shape index (κ2) is 8.27. The molecule has 0 aromatic heterocycles. The van der Waals surface area contributed by atoms with E-state index in [9.17, 15) is 0 Å². The Morgan fingerprint density at radius 2 is 1.92 bits per heavy atom. The van der Waals surface area contributed by atoms with Gasteiger partial charge in [-0.3, -0.25) is 0 Å². The molecule has 78 valence electrons. The molecule has 2 nitrogen and oxygen atoms in total. The molecule has 0 fully saturated rings. The molecule has 1 N–H and O–H groups in total. The van der Waals surface area contributed by atoms with Crippen LogP contribution in [0.15, 0.2) is 12.2 Å². The Balaban J connectivity index is 3.19. The van der Waals surface area contributed by atoms with E-state index in [4.69, 9.17) is 5.11 Å². The molecule has 0 radical (unpaired) electrons. The molecule has 0 saturated heterocycles. The highest BCUT2D eigenvalue weighted by Gasteiger charge is 1.97. The minimum absolute atomic E-state index is 0.329. The van der Waals surface area contributed by atoms with Gasteiger partial charge < -0.3 is 10.0 Å². The van der Waals surface area contributed by atoms with Crippen molar-refractivity contribution in [1.82, 2.24) is 4.90 Å². The smallest absolute Gasteiger partial charge is 0.0431 e. The number of aliphatic hydroxyl groups excluding tert-OH is 1. The molecule has 0 bridgehead atoms. The van der Waals surface area contributed by atoms with E-state index in [2.05, 4.69) is 25.5 Å². The first-order valence-corrected chi connectivity index (χ1v) is 5.10. The molecule has 0 aromatic rings. The van der Waals surface area contributed by atoms with Crippen molar-refractivity contribution in [3.8, 4) is 0 Å². The Morgan fingerprint density at radius 3 is 2.46 bits per heavy atom. The minimum Gasteiger partial charge on any atom is -0.396 e. The van der Waals surface area contributed by atoms with E-state index >= 15 is 0 Å². The summed E-state index contributed by atoms with van der Waals surface area (Å²) in [6, 6.07) is 0. The average molecular weight is 185 g/mol. The molecule has 2 heteroatoms. The molecule has 0 aromatic carbocycles. The van der Waals surface area contributed by atoms with Gasteiger partial charge in [-0.1, -0.05) is 5.57 Å². The summed E-state index contributed by atoms with van der Waals surface area (Å²) in [7, 11) is 2.14. The van der Waals surface area contributed by atoms with Crippen molar-refractivity contribution in [3.05, 3.63) is 12.2 Å². The van der Waals surface area contributed by atoms with Crippen molar-refractivity contribution in [1.29, 1.82) is 0 Å². The van der Waals surface area contributed by atoms with Crippen molar-refractivity contribution >= 4 is 0 Å². The van der Waals surface area contributed by atoms with Crippen LogP contribution >= 0.6 is 0 Å². The van der Waals surface area contributed by atoms with Crippen LogP contribution in [-0.4, -0.2) is 36.8 Å². The van der Waals surface area contributed by atoms with Gasteiger partial charge in [-0.15, -0.1) is 6.58 Å². The van der Waals surface area contributed by atoms with Crippen molar-refractivity contribution in [3.63, 3.8) is 0 Å². The van der Waals surface area contributed by atoms with Crippen LogP contribution in [0.4, 0.5) is 0 Å². The van der Waals surface area contributed by atoms with Gasteiger partial charge >= 0.3 is 0 Å². The molecule has 0 heterocycles. The molecule has 0 rings (SSSR count). The molecule has 0 spiro atoms. The van der Waals surface area contributed by atoms with Crippen LogP contribution in [0.2, 0.25) is 0 Å². The molecular weight excluding hydrogens is 162 g/mol. The van der Waals surface area contributed by atoms with Crippen molar-refractivity contribution in [2.24, 2.45) is 0 Å². The molecule has 13 heavy (non-hydrogen) atoms. The van der Waals surface area contributed by atoms with Gasteiger partial charge in [0.15, 0.2) is 0 Å². The SMILES string of the molecule is C=C(C)CCN(C)CCCCCO. The third-order valence-corrected chi connectivity index (χ3v) is 2.12. The van der Waals surface area contributed by atoms with E-state index in [-0.39, 0.29) is 0 Å². The van der Waals surface area contributed by atoms with Crippen LogP contribution in [0.1, 0.15) is 32.6 Å². The Morgan fingerprint density at radius 1 is 1.23 bits per heavy atom. The summed E-state index contributed by atoms with van der Waals surface area (Å²) in [6.07, 6.45) is 4.35. The van der Waals surface area contributed by atoms with E-state index in [1.807, 2.05) is 0 Å². The molecule has 0 aliphatic rings. The van der Waals surface area contributed by atoms with Crippen LogP contribution in [-0.2, 0) is 0 Å². The van der Waals surface area contributed by atoms with E-state index < -0.39 is 0 Å². The van der Waals surface area contributed by atoms with Gasteiger partial charge in [0, 0.05) is 13.2 Å². The fraction of sp³-hybridized carbons (Fsp3) is 0.818. The normalized spacial score (nSPS) is 10.8. The molecule has 0 atom stereocenters. The maximum Gasteiger partial charge on any atom is 0.0431 e. The molecule has 0 saturated carbocycles. The Kier molecular flexibility index (Phi) is 8.05. The number of hydrogen-bond acceptors (Lipinski definition) is 2. The van der Waals surface area contributed by atoms with Gasteiger partial charge in [0.2, 0.25) is 0 Å². The number of rotatable bonds is 8. The van der Waals surface area contributed by atoms with E-state index in [1.54, 1.807) is 0 Å². The zero-order valence-electron chi connectivity index (χ0n) is 9.05. The highest BCUT2D eigenvalue weighted by molar-refractivity contribution is 4.88. The number of aliphatic hydroxyl groups is 1. The summed E-state index contributed by atoms with van der Waals surface area (Å²) in [6.45, 7) is 8.51. The number of hydrogen-bond donors (Lipinski definition) is 1. The third-order valence-electron chi connectivity index (χ3n) is 2.12. The van der Waals surface area contributed by atoms with E-state index in [0.717, 1.165) is 32.4 Å². The van der Waals surface area contributed by atoms with Gasteiger partial charge in [0.1, 0.15) is 0 Å². The molecule has 0 unspecified atom stereocenters. The Labute approximate surface area is 82.3 Å². The largest absolute Gasteiger partial charge is 0.396 e. The lowest BCUT2D eigenvalue weighted by Gasteiger charge is -2.15. The van der Waals surface area contributed by atoms with Crippen LogP contribution in [0.25, 0.3) is 0 Å². The van der Waals surface area contributed by atoms with Crippen molar-refractivity contribution < 1.29 is 5.11 Å². The lowest BCUT2D eigenvalue weighted by molar-refractivity contribution is 0.273. The first-order valence-electron chi connectivity index (χ1n) is 5.10. The monoisotopic (exact) mass is 185 g/mol. The topological polar surface area (TPSA) is 23.5 Å². The van der Waals surface area contributed by atoms with Gasteiger partial charge in [-0.05, 0) is 46.2 Å². The first-order chi connectivity index (χ1) is 6.16. The van der Waals surface area contributed by atoms with Gasteiger partial charge in [-0.25, -0.2) is 0 Å². The standard InChI is InChI=1S/C11H23NO/c1-11(2)7-9-12(3)8-5-4-6-10-13/h13H,1,4-10H2,2-3H3. The molecule has 0 amide bonds. The first kappa shape index (κ1) is 12.7. The van der Waals surface area contributed by atoms with Crippen LogP contribution in [0.5, 0.6) is 0 Å². The van der Waals surface area contributed by atoms with Gasteiger partial charge in [0.05, 0.1) is 0 Å². The highest BCUT2D eigenvalue weighted by Crippen LogP contribution is 2.00. The second-order valence-electron chi connectivity index (χ2n) is 3.79. The second-order valence-corrected chi connectivity index (χ2v) is 3.79. The van der Waals surface area contributed by atoms with Crippen molar-refractivity contribution in [2.45, 2.75) is 32.6 Å². The zero-order chi connectivity index (χ0) is 10.1. The summed E-state index contributed by atoms with van der Waals surface area (Å²) in [4.78, 5) is 2.33. The minimum atomic E-state index is 0.329. The predicted molar refractivity (Wildman–Crippen MR) is 57.9 cm³/mol. The molecule has 0 aliphatic heterocycles. The van der Waals surface area contributed by atoms with Gasteiger partial charge in [-0.2, -0.15) is 0 Å². The summed E-state index contributed by atoms with van der Waals surface area (Å²) < 4.78 is 0. The number of unbranched alkanes of at least 4 members (excludes halogenated alkanes) is 2. The van der Waals surface area contributed by atoms with Gasteiger partial charge in [0.25, 0.3) is 0 Å². The maximum atomic E-state index is 8.58. The van der Waals surface area contributed by atoms with Crippen LogP contribution < -0.4 is 0 Å². The molecular formula is C11H23NO. The summed E-state index contributed by atoms with van der Waals surface area (Å²) in [5, 5.41) is 8.58. The van der Waals surface area contributed by atoms with Crippen molar-refractivity contribution in [2.75, 3.05) is 26.7 Å². The lowest BCUT2D eigenvalue weighted by Crippen LogP contribution is -2.21. The number of nitrogens with zero attached hydrogens (tertiary/aromatic N) is 1. The lowest BCUT2D eigenvalue weighted by atomic mass is 10.2. The van der Waals surface area contributed by atoms with Crippen LogP contribution in [0, 0.1) is 0 Å². The highest BCUT2D eigenvalue weighted by atomic mass is 16.2. The zero-order valence-corrected chi connectivity index (χ0v) is 9.05. The van der Waals surface area contributed by atoms with Crippen LogP contribution in [0.3, 0.4) is 0 Å². The third kappa shape index (κ3) is 9.57. The average Bonchev–Trinajstić information content (AvgIpc) is 2.09. The molecule has 0 aliphatic carbocycles. The fourth-order valence-electron chi connectivity index (χ4n) is 1.16. The summed E-state index contributed by atoms with van der Waals surface area (Å²) in [5.41, 5.74) is 1.25. The Hall–Kier alpha value is -0.340. The summed E-state index contributed by atoms with van der Waals surface area (Å²) in [5.74, 6) is 0.